The summed E-state index contributed by atoms with van der Waals surface area (Å²) in [5, 5.41) is 3.90. The number of likely N-dealkylation sites (tertiary alicyclic amines) is 1. The number of imide groups is 1. The van der Waals surface area contributed by atoms with Gasteiger partial charge in [0.15, 0.2) is 0 Å². The molecule has 2 aromatic rings. The van der Waals surface area contributed by atoms with Crippen LogP contribution in [-0.4, -0.2) is 45.5 Å². The maximum atomic E-state index is 12.5. The summed E-state index contributed by atoms with van der Waals surface area (Å²) in [4.78, 5) is 40.1. The monoisotopic (exact) mass is 432 g/mol. The Balaban J connectivity index is 1.56. The van der Waals surface area contributed by atoms with Crippen molar-refractivity contribution in [3.8, 4) is 5.75 Å². The molecule has 1 aromatic heterocycles. The van der Waals surface area contributed by atoms with Gasteiger partial charge in [-0.05, 0) is 50.6 Å². The molecule has 0 bridgehead atoms. The van der Waals surface area contributed by atoms with Crippen LogP contribution in [0.5, 0.6) is 5.75 Å². The van der Waals surface area contributed by atoms with Crippen LogP contribution in [0.15, 0.2) is 23.1 Å². The number of halogens is 1. The van der Waals surface area contributed by atoms with Crippen molar-refractivity contribution in [3.63, 3.8) is 0 Å². The number of benzene rings is 1. The number of amides is 2. The van der Waals surface area contributed by atoms with Crippen LogP contribution in [0.4, 0.5) is 0 Å². The third kappa shape index (κ3) is 4.44. The lowest BCUT2D eigenvalue weighted by Crippen LogP contribution is -2.34. The molecule has 3 heterocycles. The Morgan fingerprint density at radius 1 is 1.10 bits per heavy atom. The van der Waals surface area contributed by atoms with E-state index in [0.29, 0.717) is 10.7 Å². The average Bonchev–Trinajstić information content (AvgIpc) is 3.21. The van der Waals surface area contributed by atoms with Gasteiger partial charge >= 0.3 is 5.69 Å². The van der Waals surface area contributed by atoms with Crippen molar-refractivity contribution in [1.82, 2.24) is 19.8 Å². The van der Waals surface area contributed by atoms with Gasteiger partial charge in [0.2, 0.25) is 11.8 Å². The Labute approximate surface area is 179 Å². The number of imidazole rings is 1. The van der Waals surface area contributed by atoms with Crippen LogP contribution < -0.4 is 15.7 Å². The van der Waals surface area contributed by atoms with Crippen LogP contribution in [0.25, 0.3) is 0 Å². The molecule has 4 rings (SSSR count). The molecule has 160 valence electrons. The van der Waals surface area contributed by atoms with Gasteiger partial charge in [-0.25, -0.2) is 4.79 Å². The first-order valence-electron chi connectivity index (χ1n) is 10.2. The van der Waals surface area contributed by atoms with Crippen LogP contribution in [0.2, 0.25) is 5.02 Å². The lowest BCUT2D eigenvalue weighted by molar-refractivity contribution is -0.139. The van der Waals surface area contributed by atoms with Crippen molar-refractivity contribution in [3.05, 3.63) is 50.7 Å². The maximum absolute atomic E-state index is 12.5. The van der Waals surface area contributed by atoms with Crippen LogP contribution in [0.3, 0.4) is 0 Å². The lowest BCUT2D eigenvalue weighted by atomic mass is 10.1. The molecule has 2 aliphatic rings. The largest absolute Gasteiger partial charge is 0.490 e. The number of aryl methyl sites for hydroxylation is 1. The van der Waals surface area contributed by atoms with Gasteiger partial charge < -0.3 is 15.0 Å². The molecule has 0 atom stereocenters. The highest BCUT2D eigenvalue weighted by molar-refractivity contribution is 6.30. The average molecular weight is 433 g/mol. The molecule has 2 amide bonds. The Kier molecular flexibility index (Phi) is 5.97. The summed E-state index contributed by atoms with van der Waals surface area (Å²) in [6, 6.07) is 3.68. The van der Waals surface area contributed by atoms with Gasteiger partial charge in [0.1, 0.15) is 11.9 Å². The van der Waals surface area contributed by atoms with Gasteiger partial charge in [0, 0.05) is 29.6 Å². The number of aromatic nitrogens is 2. The third-order valence-electron chi connectivity index (χ3n) is 5.55. The molecule has 0 spiro atoms. The highest BCUT2D eigenvalue weighted by Crippen LogP contribution is 2.30. The maximum Gasteiger partial charge on any atom is 0.326 e. The highest BCUT2D eigenvalue weighted by atomic mass is 35.5. The lowest BCUT2D eigenvalue weighted by Gasteiger charge is -2.26. The molecular weight excluding hydrogens is 408 g/mol. The number of nitrogens with one attached hydrogen (secondary N) is 2. The molecule has 0 aliphatic carbocycles. The van der Waals surface area contributed by atoms with E-state index in [2.05, 4.69) is 10.3 Å². The van der Waals surface area contributed by atoms with E-state index in [9.17, 15) is 14.4 Å². The van der Waals surface area contributed by atoms with E-state index in [1.807, 2.05) is 19.1 Å². The van der Waals surface area contributed by atoms with Crippen LogP contribution in [0.1, 0.15) is 42.5 Å². The quantitative estimate of drug-likeness (QED) is 0.680. The number of carbonyl (C=O) groups is 2. The van der Waals surface area contributed by atoms with E-state index in [-0.39, 0.29) is 49.5 Å². The molecule has 8 nitrogen and oxygen atoms in total. The van der Waals surface area contributed by atoms with Crippen molar-refractivity contribution >= 4 is 23.4 Å². The topological polar surface area (TPSA) is 96.4 Å². The SMILES string of the molecule is Cc1cc(Cl)cc(Cn2cc(CN3C(=O)CCC3=O)[nH]c2=O)c1OC1CCNCC1. The first-order valence-corrected chi connectivity index (χ1v) is 10.6. The summed E-state index contributed by atoms with van der Waals surface area (Å²) in [5.41, 5.74) is 1.95. The third-order valence-corrected chi connectivity index (χ3v) is 5.77. The second kappa shape index (κ2) is 8.65. The standard InChI is InChI=1S/C21H25ClN4O4/c1-13-8-15(22)9-14(20(13)30-17-4-6-23-7-5-17)10-25-11-16(24-21(25)29)12-26-18(27)2-3-19(26)28/h8-9,11,17,23H,2-7,10,12H2,1H3,(H,24,29). The summed E-state index contributed by atoms with van der Waals surface area (Å²) in [6.45, 7) is 4.13. The number of piperidine rings is 1. The minimum absolute atomic E-state index is 0.0763. The van der Waals surface area contributed by atoms with Gasteiger partial charge in [-0.1, -0.05) is 11.6 Å². The fraction of sp³-hybridized carbons (Fsp3) is 0.476. The van der Waals surface area contributed by atoms with Crippen molar-refractivity contribution in [1.29, 1.82) is 0 Å². The highest BCUT2D eigenvalue weighted by Gasteiger charge is 2.29. The normalized spacial score (nSPS) is 17.7. The minimum atomic E-state index is -0.311. The van der Waals surface area contributed by atoms with Gasteiger partial charge in [-0.2, -0.15) is 0 Å². The molecule has 9 heteroatoms. The van der Waals surface area contributed by atoms with Gasteiger partial charge in [0.25, 0.3) is 0 Å². The van der Waals surface area contributed by atoms with Crippen molar-refractivity contribution in [2.24, 2.45) is 0 Å². The van der Waals surface area contributed by atoms with Crippen molar-refractivity contribution < 1.29 is 14.3 Å². The number of carbonyl (C=O) groups excluding carboxylic acids is 2. The van der Waals surface area contributed by atoms with Crippen LogP contribution >= 0.6 is 11.6 Å². The Morgan fingerprint density at radius 3 is 2.50 bits per heavy atom. The summed E-state index contributed by atoms with van der Waals surface area (Å²) >= 11 is 6.28. The molecule has 1 aromatic carbocycles. The second-order valence-corrected chi connectivity index (χ2v) is 8.30. The van der Waals surface area contributed by atoms with E-state index in [0.717, 1.165) is 42.8 Å². The number of aromatic amines is 1. The summed E-state index contributed by atoms with van der Waals surface area (Å²) in [7, 11) is 0. The molecule has 2 fully saturated rings. The molecule has 0 saturated carbocycles. The first kappa shape index (κ1) is 20.7. The summed E-state index contributed by atoms with van der Waals surface area (Å²) in [6.07, 6.45) is 4.06. The zero-order valence-electron chi connectivity index (χ0n) is 16.9. The Bertz CT molecular complexity index is 1010. The van der Waals surface area contributed by atoms with E-state index in [1.165, 1.54) is 9.47 Å². The summed E-state index contributed by atoms with van der Waals surface area (Å²) < 4.78 is 7.82. The van der Waals surface area contributed by atoms with Crippen LogP contribution in [-0.2, 0) is 22.7 Å². The molecule has 2 N–H and O–H groups in total. The van der Waals surface area contributed by atoms with E-state index in [1.54, 1.807) is 6.20 Å². The zero-order chi connectivity index (χ0) is 21.3. The van der Waals surface area contributed by atoms with Gasteiger partial charge in [-0.3, -0.25) is 19.1 Å². The molecular formula is C21H25ClN4O4. The summed E-state index contributed by atoms with van der Waals surface area (Å²) in [5.74, 6) is 0.333. The van der Waals surface area contributed by atoms with Crippen molar-refractivity contribution in [2.75, 3.05) is 13.1 Å². The smallest absolute Gasteiger partial charge is 0.326 e. The first-order chi connectivity index (χ1) is 14.4. The van der Waals surface area contributed by atoms with E-state index < -0.39 is 0 Å². The van der Waals surface area contributed by atoms with Crippen molar-refractivity contribution in [2.45, 2.75) is 51.8 Å². The predicted octanol–water partition coefficient (Wildman–Crippen LogP) is 1.97. The number of hydrogen-bond donors (Lipinski definition) is 2. The fourth-order valence-corrected chi connectivity index (χ4v) is 4.30. The number of hydrogen-bond acceptors (Lipinski definition) is 5. The van der Waals surface area contributed by atoms with E-state index >= 15 is 0 Å². The molecule has 2 aliphatic heterocycles. The second-order valence-electron chi connectivity index (χ2n) is 7.86. The molecule has 0 unspecified atom stereocenters. The molecule has 0 radical (unpaired) electrons. The van der Waals surface area contributed by atoms with E-state index in [4.69, 9.17) is 16.3 Å². The minimum Gasteiger partial charge on any atom is -0.490 e. The van der Waals surface area contributed by atoms with Crippen LogP contribution in [0, 0.1) is 6.92 Å². The number of ether oxygens (including phenoxy) is 1. The van der Waals surface area contributed by atoms with Gasteiger partial charge in [0.05, 0.1) is 18.8 Å². The zero-order valence-corrected chi connectivity index (χ0v) is 17.6. The Hall–Kier alpha value is -2.58. The molecule has 30 heavy (non-hydrogen) atoms. The Morgan fingerprint density at radius 2 is 1.80 bits per heavy atom. The van der Waals surface area contributed by atoms with Gasteiger partial charge in [-0.15, -0.1) is 0 Å². The molecule has 2 saturated heterocycles. The fourth-order valence-electron chi connectivity index (χ4n) is 4.00. The number of nitrogens with zero attached hydrogens (tertiary/aromatic N) is 2. The number of rotatable bonds is 6. The number of H-pyrrole nitrogens is 1. The predicted molar refractivity (Wildman–Crippen MR) is 112 cm³/mol.